The number of hydrogen-bond donors (Lipinski definition) is 3. The first-order chi connectivity index (χ1) is 11.0. The highest BCUT2D eigenvalue weighted by Crippen LogP contribution is 2.20. The number of halogens is 1. The van der Waals surface area contributed by atoms with E-state index in [2.05, 4.69) is 34.4 Å². The first kappa shape index (κ1) is 23.1. The molecule has 0 heterocycles. The maximum Gasteiger partial charge on any atom is 0.191 e. The number of aliphatic hydroxyl groups is 1. The average molecular weight is 448 g/mol. The molecule has 0 aliphatic heterocycles. The summed E-state index contributed by atoms with van der Waals surface area (Å²) < 4.78 is 0. The topological polar surface area (TPSA) is 59.9 Å². The van der Waals surface area contributed by atoms with Gasteiger partial charge in [-0.15, -0.1) is 24.0 Å². The Hall–Kier alpha value is -0.860. The van der Waals surface area contributed by atoms with Crippen LogP contribution in [-0.4, -0.2) is 55.2 Å². The molecule has 0 amide bonds. The monoisotopic (exact) mass is 448 g/mol. The maximum absolute atomic E-state index is 10.6. The van der Waals surface area contributed by atoms with Crippen LogP contribution in [0.2, 0.25) is 0 Å². The number of benzene rings is 1. The molecule has 0 saturated carbocycles. The summed E-state index contributed by atoms with van der Waals surface area (Å²) in [5.41, 5.74) is -0.0922. The summed E-state index contributed by atoms with van der Waals surface area (Å²) in [4.78, 5) is 6.89. The first-order valence-corrected chi connectivity index (χ1v) is 8.55. The summed E-state index contributed by atoms with van der Waals surface area (Å²) in [6.07, 6.45) is 0. The van der Waals surface area contributed by atoms with Crippen molar-refractivity contribution in [3.05, 3.63) is 35.9 Å². The molecule has 0 aliphatic rings. The molecule has 1 atom stereocenters. The summed E-state index contributed by atoms with van der Waals surface area (Å²) in [6, 6.07) is 9.66. The Labute approximate surface area is 164 Å². The predicted octanol–water partition coefficient (Wildman–Crippen LogP) is 2.41. The Balaban J connectivity index is 0.00000529. The summed E-state index contributed by atoms with van der Waals surface area (Å²) in [6.45, 7) is 13.2. The summed E-state index contributed by atoms with van der Waals surface area (Å²) in [5, 5.41) is 17.2. The van der Waals surface area contributed by atoms with Crippen LogP contribution in [0.25, 0.3) is 0 Å². The zero-order valence-corrected chi connectivity index (χ0v) is 17.7. The Morgan fingerprint density at radius 1 is 1.12 bits per heavy atom. The number of nitrogens with zero attached hydrogens (tertiary/aromatic N) is 2. The van der Waals surface area contributed by atoms with Crippen molar-refractivity contribution < 1.29 is 5.11 Å². The molecule has 138 valence electrons. The number of likely N-dealkylation sites (N-methyl/N-ethyl adjacent to an activating group) is 1. The van der Waals surface area contributed by atoms with Crippen LogP contribution in [-0.2, 0) is 5.60 Å². The van der Waals surface area contributed by atoms with E-state index in [0.29, 0.717) is 6.54 Å². The van der Waals surface area contributed by atoms with Gasteiger partial charge >= 0.3 is 0 Å². The lowest BCUT2D eigenvalue weighted by Gasteiger charge is -2.23. The fourth-order valence-electron chi connectivity index (χ4n) is 2.34. The largest absolute Gasteiger partial charge is 0.384 e. The molecule has 1 unspecified atom stereocenters. The van der Waals surface area contributed by atoms with Gasteiger partial charge in [0.15, 0.2) is 5.96 Å². The molecule has 0 spiro atoms. The molecule has 24 heavy (non-hydrogen) atoms. The van der Waals surface area contributed by atoms with E-state index in [-0.39, 0.29) is 24.0 Å². The van der Waals surface area contributed by atoms with Gasteiger partial charge in [-0.05, 0) is 32.5 Å². The van der Waals surface area contributed by atoms with E-state index < -0.39 is 5.60 Å². The van der Waals surface area contributed by atoms with Gasteiger partial charge in [0.25, 0.3) is 0 Å². The highest BCUT2D eigenvalue weighted by molar-refractivity contribution is 14.0. The van der Waals surface area contributed by atoms with Crippen LogP contribution >= 0.6 is 24.0 Å². The molecule has 1 rings (SSSR count). The third kappa shape index (κ3) is 8.30. The molecular formula is C18H33IN4O. The number of guanidine groups is 1. The van der Waals surface area contributed by atoms with Gasteiger partial charge in [0.2, 0.25) is 0 Å². The number of hydrogen-bond acceptors (Lipinski definition) is 3. The van der Waals surface area contributed by atoms with Gasteiger partial charge in [-0.2, -0.15) is 0 Å². The molecule has 0 saturated heterocycles. The standard InChI is InChI=1S/C18H32N4O.HI/c1-5-19-17(20-13-14-22(6-2)7-3)21-15-18(4,23)16-11-9-8-10-12-16;/h8-12,23H,5-7,13-15H2,1-4H3,(H2,19,20,21);1H. The minimum absolute atomic E-state index is 0. The van der Waals surface area contributed by atoms with Crippen molar-refractivity contribution in [1.29, 1.82) is 0 Å². The van der Waals surface area contributed by atoms with Crippen LogP contribution in [0.5, 0.6) is 0 Å². The Morgan fingerprint density at radius 3 is 2.29 bits per heavy atom. The molecule has 0 aliphatic carbocycles. The quantitative estimate of drug-likeness (QED) is 0.309. The molecule has 0 aromatic heterocycles. The predicted molar refractivity (Wildman–Crippen MR) is 113 cm³/mol. The zero-order valence-electron chi connectivity index (χ0n) is 15.4. The second kappa shape index (κ2) is 12.5. The summed E-state index contributed by atoms with van der Waals surface area (Å²) in [5.74, 6) is 0.746. The molecule has 3 N–H and O–H groups in total. The molecule has 0 fully saturated rings. The van der Waals surface area contributed by atoms with Crippen molar-refractivity contribution in [3.63, 3.8) is 0 Å². The van der Waals surface area contributed by atoms with Crippen LogP contribution in [0, 0.1) is 0 Å². The van der Waals surface area contributed by atoms with E-state index in [4.69, 9.17) is 0 Å². The highest BCUT2D eigenvalue weighted by Gasteiger charge is 2.22. The third-order valence-electron chi connectivity index (χ3n) is 3.90. The lowest BCUT2D eigenvalue weighted by molar-refractivity contribution is 0.0672. The molecule has 1 aromatic rings. The number of rotatable bonds is 9. The number of nitrogens with one attached hydrogen (secondary N) is 2. The van der Waals surface area contributed by atoms with Gasteiger partial charge in [0, 0.05) is 19.6 Å². The van der Waals surface area contributed by atoms with E-state index in [1.807, 2.05) is 37.3 Å². The van der Waals surface area contributed by atoms with Gasteiger partial charge in [0.05, 0.1) is 6.54 Å². The van der Waals surface area contributed by atoms with Gasteiger partial charge < -0.3 is 20.6 Å². The van der Waals surface area contributed by atoms with Crippen LogP contribution < -0.4 is 10.6 Å². The van der Waals surface area contributed by atoms with Gasteiger partial charge in [-0.25, -0.2) is 4.99 Å². The third-order valence-corrected chi connectivity index (χ3v) is 3.90. The SMILES string of the molecule is CCNC(=NCC(C)(O)c1ccccc1)NCCN(CC)CC.I. The molecule has 0 radical (unpaired) electrons. The second-order valence-corrected chi connectivity index (χ2v) is 5.79. The van der Waals surface area contributed by atoms with Gasteiger partial charge in [0.1, 0.15) is 5.60 Å². The average Bonchev–Trinajstić information content (AvgIpc) is 2.57. The van der Waals surface area contributed by atoms with Crippen molar-refractivity contribution in [3.8, 4) is 0 Å². The van der Waals surface area contributed by atoms with Crippen molar-refractivity contribution in [2.45, 2.75) is 33.3 Å². The van der Waals surface area contributed by atoms with Crippen LogP contribution in [0.15, 0.2) is 35.3 Å². The fourth-order valence-corrected chi connectivity index (χ4v) is 2.34. The van der Waals surface area contributed by atoms with Crippen molar-refractivity contribution in [1.82, 2.24) is 15.5 Å². The lowest BCUT2D eigenvalue weighted by Crippen LogP contribution is -2.42. The van der Waals surface area contributed by atoms with E-state index >= 15 is 0 Å². The highest BCUT2D eigenvalue weighted by atomic mass is 127. The molecule has 0 bridgehead atoms. The Bertz CT molecular complexity index is 461. The molecule has 6 heteroatoms. The van der Waals surface area contributed by atoms with Crippen LogP contribution in [0.4, 0.5) is 0 Å². The maximum atomic E-state index is 10.6. The van der Waals surface area contributed by atoms with Crippen molar-refractivity contribution >= 4 is 29.9 Å². The first-order valence-electron chi connectivity index (χ1n) is 8.55. The number of aliphatic imine (C=N–C) groups is 1. The van der Waals surface area contributed by atoms with E-state index in [1.54, 1.807) is 6.92 Å². The van der Waals surface area contributed by atoms with Crippen LogP contribution in [0.1, 0.15) is 33.3 Å². The van der Waals surface area contributed by atoms with Crippen molar-refractivity contribution in [2.24, 2.45) is 4.99 Å². The van der Waals surface area contributed by atoms with E-state index in [9.17, 15) is 5.11 Å². The Kier molecular flexibility index (Phi) is 12.0. The fraction of sp³-hybridized carbons (Fsp3) is 0.611. The zero-order chi connectivity index (χ0) is 17.1. The van der Waals surface area contributed by atoms with E-state index in [0.717, 1.165) is 44.2 Å². The molecule has 5 nitrogen and oxygen atoms in total. The second-order valence-electron chi connectivity index (χ2n) is 5.79. The normalized spacial score (nSPS) is 14.0. The smallest absolute Gasteiger partial charge is 0.191 e. The summed E-state index contributed by atoms with van der Waals surface area (Å²) >= 11 is 0. The Morgan fingerprint density at radius 2 is 1.75 bits per heavy atom. The van der Waals surface area contributed by atoms with Crippen molar-refractivity contribution in [2.75, 3.05) is 39.3 Å². The molecule has 1 aromatic carbocycles. The van der Waals surface area contributed by atoms with E-state index in [1.165, 1.54) is 0 Å². The lowest BCUT2D eigenvalue weighted by atomic mass is 9.96. The van der Waals surface area contributed by atoms with Crippen LogP contribution in [0.3, 0.4) is 0 Å². The summed E-state index contributed by atoms with van der Waals surface area (Å²) in [7, 11) is 0. The van der Waals surface area contributed by atoms with Gasteiger partial charge in [-0.3, -0.25) is 0 Å². The van der Waals surface area contributed by atoms with Gasteiger partial charge in [-0.1, -0.05) is 44.2 Å². The molecular weight excluding hydrogens is 415 g/mol. The minimum Gasteiger partial charge on any atom is -0.384 e. The minimum atomic E-state index is -0.970.